The summed E-state index contributed by atoms with van der Waals surface area (Å²) in [5.74, 6) is 0.219. The second kappa shape index (κ2) is 7.15. The molecule has 1 amide bonds. The fourth-order valence-electron chi connectivity index (χ4n) is 3.16. The molecule has 0 saturated carbocycles. The Morgan fingerprint density at radius 3 is 2.54 bits per heavy atom. The monoisotopic (exact) mass is 375 g/mol. The Balaban J connectivity index is 1.59. The van der Waals surface area contributed by atoms with E-state index in [4.69, 9.17) is 4.74 Å². The molecular formula is C22H18FN3O2. The third-order valence-corrected chi connectivity index (χ3v) is 4.59. The molecule has 0 saturated heterocycles. The van der Waals surface area contributed by atoms with Crippen molar-refractivity contribution in [2.24, 2.45) is 7.05 Å². The number of nitrogens with zero attached hydrogens (tertiary/aromatic N) is 2. The van der Waals surface area contributed by atoms with Gasteiger partial charge < -0.3 is 14.6 Å². The fourth-order valence-corrected chi connectivity index (χ4v) is 3.16. The molecule has 0 spiro atoms. The Morgan fingerprint density at radius 2 is 1.82 bits per heavy atom. The number of hydrogen-bond acceptors (Lipinski definition) is 3. The second-order valence-corrected chi connectivity index (χ2v) is 6.36. The third kappa shape index (κ3) is 3.20. The molecule has 0 unspecified atom stereocenters. The molecule has 1 heterocycles. The second-order valence-electron chi connectivity index (χ2n) is 6.36. The number of para-hydroxylation sites is 2. The first kappa shape index (κ1) is 17.7. The van der Waals surface area contributed by atoms with Crippen molar-refractivity contribution in [3.63, 3.8) is 0 Å². The SMILES string of the molecule is COc1ccc(F)cc1C(=O)Nc1ccc(-c2nc3ccccc3n2C)cc1. The van der Waals surface area contributed by atoms with Gasteiger partial charge in [0.25, 0.3) is 5.91 Å². The van der Waals surface area contributed by atoms with Gasteiger partial charge in [0, 0.05) is 18.3 Å². The van der Waals surface area contributed by atoms with Gasteiger partial charge in [-0.3, -0.25) is 4.79 Å². The molecule has 3 aromatic carbocycles. The molecule has 0 aliphatic heterocycles. The number of aromatic nitrogens is 2. The van der Waals surface area contributed by atoms with Crippen LogP contribution in [0.15, 0.2) is 66.7 Å². The van der Waals surface area contributed by atoms with E-state index < -0.39 is 11.7 Å². The number of amides is 1. The minimum atomic E-state index is -0.497. The van der Waals surface area contributed by atoms with Crippen LogP contribution in [0.4, 0.5) is 10.1 Å². The number of aryl methyl sites for hydroxylation is 1. The quantitative estimate of drug-likeness (QED) is 0.565. The summed E-state index contributed by atoms with van der Waals surface area (Å²) < 4.78 is 20.7. The van der Waals surface area contributed by atoms with Crippen molar-refractivity contribution in [2.45, 2.75) is 0 Å². The largest absolute Gasteiger partial charge is 0.496 e. The molecule has 28 heavy (non-hydrogen) atoms. The van der Waals surface area contributed by atoms with E-state index in [1.807, 2.05) is 48.0 Å². The molecule has 0 fully saturated rings. The number of benzene rings is 3. The number of rotatable bonds is 4. The minimum Gasteiger partial charge on any atom is -0.496 e. The lowest BCUT2D eigenvalue weighted by Crippen LogP contribution is -2.13. The molecule has 0 radical (unpaired) electrons. The lowest BCUT2D eigenvalue weighted by Gasteiger charge is -2.10. The number of carbonyl (C=O) groups excluding carboxylic acids is 1. The summed E-state index contributed by atoms with van der Waals surface area (Å²) in [4.78, 5) is 17.2. The standard InChI is InChI=1S/C22H18FN3O2/c1-26-19-6-4-3-5-18(19)25-21(26)14-7-10-16(11-8-14)24-22(27)17-13-15(23)9-12-20(17)28-2/h3-13H,1-2H3,(H,24,27). The molecule has 0 atom stereocenters. The van der Waals surface area contributed by atoms with Gasteiger partial charge in [0.1, 0.15) is 17.4 Å². The van der Waals surface area contributed by atoms with Crippen LogP contribution in [-0.2, 0) is 7.05 Å². The van der Waals surface area contributed by atoms with E-state index in [1.165, 1.54) is 19.2 Å². The molecule has 0 bridgehead atoms. The van der Waals surface area contributed by atoms with Gasteiger partial charge >= 0.3 is 0 Å². The van der Waals surface area contributed by atoms with Crippen molar-refractivity contribution in [3.05, 3.63) is 78.1 Å². The van der Waals surface area contributed by atoms with Crippen LogP contribution >= 0.6 is 0 Å². The first-order chi connectivity index (χ1) is 13.6. The average molecular weight is 375 g/mol. The minimum absolute atomic E-state index is 0.141. The smallest absolute Gasteiger partial charge is 0.259 e. The summed E-state index contributed by atoms with van der Waals surface area (Å²) >= 11 is 0. The number of ether oxygens (including phenoxy) is 1. The van der Waals surface area contributed by atoms with Crippen molar-refractivity contribution < 1.29 is 13.9 Å². The van der Waals surface area contributed by atoms with Crippen LogP contribution in [0, 0.1) is 5.82 Å². The van der Waals surface area contributed by atoms with Crippen LogP contribution in [0.25, 0.3) is 22.4 Å². The molecule has 1 N–H and O–H groups in total. The summed E-state index contributed by atoms with van der Waals surface area (Å²) in [5, 5.41) is 2.77. The highest BCUT2D eigenvalue weighted by Gasteiger charge is 2.14. The van der Waals surface area contributed by atoms with Crippen molar-refractivity contribution in [3.8, 4) is 17.1 Å². The molecule has 6 heteroatoms. The fraction of sp³-hybridized carbons (Fsp3) is 0.0909. The van der Waals surface area contributed by atoms with Crippen LogP contribution in [-0.4, -0.2) is 22.6 Å². The van der Waals surface area contributed by atoms with Crippen LogP contribution in [0.2, 0.25) is 0 Å². The number of anilines is 1. The molecule has 4 aromatic rings. The van der Waals surface area contributed by atoms with Crippen molar-refractivity contribution in [2.75, 3.05) is 12.4 Å². The first-order valence-corrected chi connectivity index (χ1v) is 8.73. The van der Waals surface area contributed by atoms with Gasteiger partial charge in [-0.2, -0.15) is 0 Å². The third-order valence-electron chi connectivity index (χ3n) is 4.59. The van der Waals surface area contributed by atoms with E-state index >= 15 is 0 Å². The normalized spacial score (nSPS) is 10.8. The number of hydrogen-bond donors (Lipinski definition) is 1. The maximum atomic E-state index is 13.5. The molecule has 0 aliphatic rings. The van der Waals surface area contributed by atoms with Crippen LogP contribution in [0.3, 0.4) is 0 Å². The topological polar surface area (TPSA) is 56.1 Å². The van der Waals surface area contributed by atoms with Gasteiger partial charge in [0.2, 0.25) is 0 Å². The highest BCUT2D eigenvalue weighted by atomic mass is 19.1. The molecule has 140 valence electrons. The maximum Gasteiger partial charge on any atom is 0.259 e. The van der Waals surface area contributed by atoms with E-state index in [1.54, 1.807) is 12.1 Å². The van der Waals surface area contributed by atoms with E-state index in [-0.39, 0.29) is 5.56 Å². The maximum absolute atomic E-state index is 13.5. The predicted octanol–water partition coefficient (Wildman–Crippen LogP) is 4.64. The molecule has 1 aromatic heterocycles. The van der Waals surface area contributed by atoms with E-state index in [2.05, 4.69) is 10.3 Å². The predicted molar refractivity (Wildman–Crippen MR) is 107 cm³/mol. The lowest BCUT2D eigenvalue weighted by molar-refractivity contribution is 0.102. The summed E-state index contributed by atoms with van der Waals surface area (Å²) in [6, 6.07) is 19.1. The summed E-state index contributed by atoms with van der Waals surface area (Å²) in [5.41, 5.74) is 3.64. The molecule has 0 aliphatic carbocycles. The zero-order valence-electron chi connectivity index (χ0n) is 15.4. The Kier molecular flexibility index (Phi) is 4.53. The highest BCUT2D eigenvalue weighted by molar-refractivity contribution is 6.06. The molecule has 5 nitrogen and oxygen atoms in total. The van der Waals surface area contributed by atoms with E-state index in [0.717, 1.165) is 28.5 Å². The van der Waals surface area contributed by atoms with Crippen molar-refractivity contribution >= 4 is 22.6 Å². The van der Waals surface area contributed by atoms with Gasteiger partial charge in [-0.25, -0.2) is 9.37 Å². The summed E-state index contributed by atoms with van der Waals surface area (Å²) in [6.07, 6.45) is 0. The first-order valence-electron chi connectivity index (χ1n) is 8.73. The Morgan fingerprint density at radius 1 is 1.07 bits per heavy atom. The number of carbonyl (C=O) groups is 1. The summed E-state index contributed by atoms with van der Waals surface area (Å²) in [7, 11) is 3.41. The van der Waals surface area contributed by atoms with Gasteiger partial charge in [0.15, 0.2) is 0 Å². The molecule has 4 rings (SSSR count). The van der Waals surface area contributed by atoms with Crippen molar-refractivity contribution in [1.82, 2.24) is 9.55 Å². The van der Waals surface area contributed by atoms with E-state index in [0.29, 0.717) is 11.4 Å². The average Bonchev–Trinajstić information content (AvgIpc) is 3.05. The Hall–Kier alpha value is -3.67. The number of halogens is 1. The Labute approximate surface area is 161 Å². The van der Waals surface area contributed by atoms with Crippen LogP contribution in [0.1, 0.15) is 10.4 Å². The number of methoxy groups -OCH3 is 1. The van der Waals surface area contributed by atoms with Crippen LogP contribution in [0.5, 0.6) is 5.75 Å². The van der Waals surface area contributed by atoms with Gasteiger partial charge in [-0.15, -0.1) is 0 Å². The van der Waals surface area contributed by atoms with Gasteiger partial charge in [-0.05, 0) is 54.6 Å². The number of nitrogens with one attached hydrogen (secondary N) is 1. The zero-order chi connectivity index (χ0) is 19.7. The number of imidazole rings is 1. The van der Waals surface area contributed by atoms with Crippen LogP contribution < -0.4 is 10.1 Å². The molecular weight excluding hydrogens is 357 g/mol. The highest BCUT2D eigenvalue weighted by Crippen LogP contribution is 2.26. The Bertz CT molecular complexity index is 1170. The van der Waals surface area contributed by atoms with E-state index in [9.17, 15) is 9.18 Å². The van der Waals surface area contributed by atoms with Crippen molar-refractivity contribution in [1.29, 1.82) is 0 Å². The summed E-state index contributed by atoms with van der Waals surface area (Å²) in [6.45, 7) is 0. The number of fused-ring (bicyclic) bond motifs is 1. The van der Waals surface area contributed by atoms with Gasteiger partial charge in [0.05, 0.1) is 23.7 Å². The lowest BCUT2D eigenvalue weighted by atomic mass is 10.1. The van der Waals surface area contributed by atoms with Gasteiger partial charge in [-0.1, -0.05) is 12.1 Å². The zero-order valence-corrected chi connectivity index (χ0v) is 15.4.